The Morgan fingerprint density at radius 2 is 1.47 bits per heavy atom. The maximum atomic E-state index is 13.5. The van der Waals surface area contributed by atoms with Crippen molar-refractivity contribution < 1.29 is 8.78 Å². The van der Waals surface area contributed by atoms with E-state index in [1.54, 1.807) is 0 Å². The molecular weight excluding hydrogens is 404 g/mol. The molecule has 0 N–H and O–H groups in total. The lowest BCUT2D eigenvalue weighted by Gasteiger charge is -2.45. The molecule has 0 unspecified atom stereocenters. The van der Waals surface area contributed by atoms with Crippen LogP contribution in [-0.2, 0) is 0 Å². The summed E-state index contributed by atoms with van der Waals surface area (Å²) in [5, 5.41) is 0. The standard InChI is InChI=1S/C27H31F2N3/c1-20-19-32(27-7-3-4-16-30-27)21(2)18-31(20)17-5-6-26(22-8-12-24(28)13-9-22)23-10-14-25(29)15-11-23/h3-4,7-16,20-21,26H,5-6,17-19H2,1-2H3/t20-,21+/m1/s1. The van der Waals surface area contributed by atoms with E-state index in [2.05, 4.69) is 34.7 Å². The van der Waals surface area contributed by atoms with E-state index in [9.17, 15) is 8.78 Å². The molecule has 0 spiro atoms. The lowest BCUT2D eigenvalue weighted by atomic mass is 9.87. The third-order valence-corrected chi connectivity index (χ3v) is 6.54. The van der Waals surface area contributed by atoms with Crippen LogP contribution in [0.1, 0.15) is 43.7 Å². The number of pyridine rings is 1. The Morgan fingerprint density at radius 3 is 2.03 bits per heavy atom. The smallest absolute Gasteiger partial charge is 0.128 e. The Kier molecular flexibility index (Phi) is 7.15. The molecule has 5 heteroatoms. The molecule has 4 rings (SSSR count). The zero-order chi connectivity index (χ0) is 22.5. The fraction of sp³-hybridized carbons (Fsp3) is 0.370. The molecule has 0 bridgehead atoms. The van der Waals surface area contributed by atoms with Gasteiger partial charge in [0.05, 0.1) is 0 Å². The molecule has 1 aromatic heterocycles. The van der Waals surface area contributed by atoms with Crippen LogP contribution in [0, 0.1) is 11.6 Å². The molecule has 0 amide bonds. The van der Waals surface area contributed by atoms with Crippen LogP contribution in [0.15, 0.2) is 72.9 Å². The van der Waals surface area contributed by atoms with Crippen molar-refractivity contribution in [1.82, 2.24) is 9.88 Å². The number of aromatic nitrogens is 1. The van der Waals surface area contributed by atoms with Crippen molar-refractivity contribution in [1.29, 1.82) is 0 Å². The van der Waals surface area contributed by atoms with E-state index in [1.165, 1.54) is 24.3 Å². The maximum Gasteiger partial charge on any atom is 0.128 e. The first kappa shape index (κ1) is 22.4. The predicted molar refractivity (Wildman–Crippen MR) is 126 cm³/mol. The van der Waals surface area contributed by atoms with Gasteiger partial charge in [-0.15, -0.1) is 0 Å². The Labute approximate surface area is 189 Å². The fourth-order valence-electron chi connectivity index (χ4n) is 4.77. The molecule has 1 aliphatic heterocycles. The minimum Gasteiger partial charge on any atom is -0.351 e. The van der Waals surface area contributed by atoms with Gasteiger partial charge in [0, 0.05) is 37.3 Å². The van der Waals surface area contributed by atoms with Gasteiger partial charge in [0.25, 0.3) is 0 Å². The van der Waals surface area contributed by atoms with Gasteiger partial charge in [-0.2, -0.15) is 0 Å². The molecule has 1 aliphatic rings. The summed E-state index contributed by atoms with van der Waals surface area (Å²) in [6, 6.07) is 20.3. The number of hydrogen-bond acceptors (Lipinski definition) is 3. The van der Waals surface area contributed by atoms with Gasteiger partial charge in [-0.3, -0.25) is 4.90 Å². The highest BCUT2D eigenvalue weighted by Gasteiger charge is 2.29. The zero-order valence-electron chi connectivity index (χ0n) is 18.8. The molecule has 0 radical (unpaired) electrons. The highest BCUT2D eigenvalue weighted by atomic mass is 19.1. The van der Waals surface area contributed by atoms with Gasteiger partial charge in [0.15, 0.2) is 0 Å². The van der Waals surface area contributed by atoms with Gasteiger partial charge in [-0.25, -0.2) is 13.8 Å². The molecule has 32 heavy (non-hydrogen) atoms. The molecule has 3 nitrogen and oxygen atoms in total. The number of hydrogen-bond donors (Lipinski definition) is 0. The Morgan fingerprint density at radius 1 is 0.844 bits per heavy atom. The molecule has 2 heterocycles. The van der Waals surface area contributed by atoms with Gasteiger partial charge in [-0.05, 0) is 80.8 Å². The van der Waals surface area contributed by atoms with Crippen molar-refractivity contribution in [2.24, 2.45) is 0 Å². The molecule has 3 aromatic rings. The summed E-state index contributed by atoms with van der Waals surface area (Å²) in [6.45, 7) is 7.49. The summed E-state index contributed by atoms with van der Waals surface area (Å²) in [6.07, 6.45) is 3.79. The van der Waals surface area contributed by atoms with Crippen LogP contribution in [0.25, 0.3) is 0 Å². The number of piperazine rings is 1. The van der Waals surface area contributed by atoms with Gasteiger partial charge >= 0.3 is 0 Å². The lowest BCUT2D eigenvalue weighted by molar-refractivity contribution is 0.162. The van der Waals surface area contributed by atoms with Gasteiger partial charge < -0.3 is 4.90 Å². The van der Waals surface area contributed by atoms with Gasteiger partial charge in [0.1, 0.15) is 17.5 Å². The van der Waals surface area contributed by atoms with Crippen LogP contribution in [0.5, 0.6) is 0 Å². The van der Waals surface area contributed by atoms with Crippen LogP contribution in [0.2, 0.25) is 0 Å². The van der Waals surface area contributed by atoms with Crippen LogP contribution >= 0.6 is 0 Å². The summed E-state index contributed by atoms with van der Waals surface area (Å²) in [7, 11) is 0. The Bertz CT molecular complexity index is 931. The molecule has 2 atom stereocenters. The Hall–Kier alpha value is -2.79. The highest BCUT2D eigenvalue weighted by Crippen LogP contribution is 2.30. The van der Waals surface area contributed by atoms with Crippen molar-refractivity contribution in [2.45, 2.75) is 44.7 Å². The molecule has 1 fully saturated rings. The SMILES string of the molecule is C[C@@H]1CN(c2ccccn2)[C@@H](C)CN1CCCC(c1ccc(F)cc1)c1ccc(F)cc1. The van der Waals surface area contributed by atoms with Crippen molar-refractivity contribution in [3.05, 3.63) is 95.7 Å². The summed E-state index contributed by atoms with van der Waals surface area (Å²) in [5.41, 5.74) is 2.14. The number of nitrogens with zero attached hydrogens (tertiary/aromatic N) is 3. The van der Waals surface area contributed by atoms with Crippen molar-refractivity contribution in [2.75, 3.05) is 24.5 Å². The zero-order valence-corrected chi connectivity index (χ0v) is 18.8. The van der Waals surface area contributed by atoms with Crippen LogP contribution in [-0.4, -0.2) is 41.6 Å². The Balaban J connectivity index is 1.40. The summed E-state index contributed by atoms with van der Waals surface area (Å²) in [5.74, 6) is 0.693. The largest absolute Gasteiger partial charge is 0.351 e. The van der Waals surface area contributed by atoms with E-state index < -0.39 is 0 Å². The second-order valence-electron chi connectivity index (χ2n) is 8.83. The monoisotopic (exact) mass is 435 g/mol. The minimum absolute atomic E-state index is 0.124. The van der Waals surface area contributed by atoms with Crippen LogP contribution in [0.3, 0.4) is 0 Å². The number of benzene rings is 2. The highest BCUT2D eigenvalue weighted by molar-refractivity contribution is 5.40. The summed E-state index contributed by atoms with van der Waals surface area (Å²) < 4.78 is 26.9. The summed E-state index contributed by atoms with van der Waals surface area (Å²) >= 11 is 0. The normalized spacial score (nSPS) is 19.5. The number of halogens is 2. The maximum absolute atomic E-state index is 13.5. The second kappa shape index (κ2) is 10.2. The first-order valence-electron chi connectivity index (χ1n) is 11.4. The quantitative estimate of drug-likeness (QED) is 0.463. The van der Waals surface area contributed by atoms with Crippen molar-refractivity contribution in [3.63, 3.8) is 0 Å². The molecule has 168 valence electrons. The van der Waals surface area contributed by atoms with E-state index in [0.29, 0.717) is 12.1 Å². The average Bonchev–Trinajstić information content (AvgIpc) is 2.81. The van der Waals surface area contributed by atoms with E-state index >= 15 is 0 Å². The number of anilines is 1. The van der Waals surface area contributed by atoms with Crippen LogP contribution in [0.4, 0.5) is 14.6 Å². The number of rotatable bonds is 7. The van der Waals surface area contributed by atoms with Crippen molar-refractivity contribution >= 4 is 5.82 Å². The van der Waals surface area contributed by atoms with E-state index in [0.717, 1.165) is 49.4 Å². The van der Waals surface area contributed by atoms with E-state index in [-0.39, 0.29) is 17.6 Å². The lowest BCUT2D eigenvalue weighted by Crippen LogP contribution is -2.56. The minimum atomic E-state index is -0.236. The third-order valence-electron chi connectivity index (χ3n) is 6.54. The molecule has 0 aliphatic carbocycles. The molecule has 0 saturated carbocycles. The van der Waals surface area contributed by atoms with Gasteiger partial charge in [-0.1, -0.05) is 30.3 Å². The summed E-state index contributed by atoms with van der Waals surface area (Å²) in [4.78, 5) is 9.47. The first-order chi connectivity index (χ1) is 15.5. The van der Waals surface area contributed by atoms with E-state index in [4.69, 9.17) is 0 Å². The van der Waals surface area contributed by atoms with E-state index in [1.807, 2.05) is 42.6 Å². The fourth-order valence-corrected chi connectivity index (χ4v) is 4.77. The third kappa shape index (κ3) is 5.33. The average molecular weight is 436 g/mol. The first-order valence-corrected chi connectivity index (χ1v) is 11.4. The second-order valence-corrected chi connectivity index (χ2v) is 8.83. The van der Waals surface area contributed by atoms with Crippen LogP contribution < -0.4 is 4.90 Å². The molecular formula is C27H31F2N3. The van der Waals surface area contributed by atoms with Crippen molar-refractivity contribution in [3.8, 4) is 0 Å². The molecule has 2 aromatic carbocycles. The molecule has 1 saturated heterocycles. The predicted octanol–water partition coefficient (Wildman–Crippen LogP) is 5.87. The topological polar surface area (TPSA) is 19.4 Å². The van der Waals surface area contributed by atoms with Gasteiger partial charge in [0.2, 0.25) is 0 Å².